The van der Waals surface area contributed by atoms with Gasteiger partial charge in [-0.05, 0) is 37.0 Å². The zero-order chi connectivity index (χ0) is 14.0. The van der Waals surface area contributed by atoms with Gasteiger partial charge < -0.3 is 16.2 Å². The molecule has 102 valence electrons. The number of hydrogen-bond donors (Lipinski definition) is 2. The monoisotopic (exact) mass is 260 g/mol. The number of amidine groups is 1. The van der Waals surface area contributed by atoms with Crippen molar-refractivity contribution < 1.29 is 4.74 Å². The number of hydrogen-bond acceptors (Lipinski definition) is 5. The zero-order valence-corrected chi connectivity index (χ0v) is 11.6. The Bertz CT molecular complexity index is 525. The molecule has 1 aromatic rings. The first-order valence-electron chi connectivity index (χ1n) is 6.29. The van der Waals surface area contributed by atoms with E-state index in [0.29, 0.717) is 12.4 Å². The number of ether oxygens (including phenoxy) is 1. The van der Waals surface area contributed by atoms with Crippen molar-refractivity contribution in [1.82, 2.24) is 0 Å². The van der Waals surface area contributed by atoms with Crippen LogP contribution in [0.1, 0.15) is 16.7 Å². The summed E-state index contributed by atoms with van der Waals surface area (Å²) in [6, 6.07) is 4.25. The van der Waals surface area contributed by atoms with Gasteiger partial charge in [-0.3, -0.25) is 4.99 Å². The molecule has 1 aliphatic rings. The van der Waals surface area contributed by atoms with Gasteiger partial charge >= 0.3 is 0 Å². The summed E-state index contributed by atoms with van der Waals surface area (Å²) in [7, 11) is 1.69. The molecule has 1 unspecified atom stereocenters. The fraction of sp³-hybridized carbons (Fsp3) is 0.429. The van der Waals surface area contributed by atoms with E-state index in [-0.39, 0.29) is 11.9 Å². The summed E-state index contributed by atoms with van der Waals surface area (Å²) in [6.45, 7) is 4.69. The normalized spacial score (nSPS) is 18.8. The molecular weight excluding hydrogens is 240 g/mol. The number of guanidine groups is 1. The number of benzene rings is 1. The summed E-state index contributed by atoms with van der Waals surface area (Å²) < 4.78 is 5.37. The summed E-state index contributed by atoms with van der Waals surface area (Å²) in [6.07, 6.45) is 0.817. The molecule has 5 nitrogen and oxygen atoms in total. The highest BCUT2D eigenvalue weighted by atomic mass is 16.5. The lowest BCUT2D eigenvalue weighted by atomic mass is 9.95. The van der Waals surface area contributed by atoms with E-state index in [1.807, 2.05) is 13.8 Å². The maximum Gasteiger partial charge on any atom is 0.217 e. The number of aliphatic imine (C=N–C) groups is 2. The Hall–Kier alpha value is -2.04. The first-order chi connectivity index (χ1) is 9.01. The highest BCUT2D eigenvalue weighted by Gasteiger charge is 2.18. The van der Waals surface area contributed by atoms with Gasteiger partial charge in [-0.15, -0.1) is 0 Å². The molecule has 0 aromatic heterocycles. The van der Waals surface area contributed by atoms with Gasteiger partial charge in [0.25, 0.3) is 0 Å². The standard InChI is InChI=1S/C14H20N4O/c1-8-4-10(5-9(2)12(8)19-3)6-11-7-17-14(16)18-13(11)15/h4-5,11H,6-7H2,1-3H3,(H4,15,16,17,18). The van der Waals surface area contributed by atoms with E-state index in [4.69, 9.17) is 16.2 Å². The molecule has 1 aliphatic heterocycles. The Balaban J connectivity index is 2.19. The van der Waals surface area contributed by atoms with Gasteiger partial charge in [0.1, 0.15) is 11.6 Å². The molecule has 4 N–H and O–H groups in total. The van der Waals surface area contributed by atoms with Crippen LogP contribution in [0.2, 0.25) is 0 Å². The molecule has 0 amide bonds. The quantitative estimate of drug-likeness (QED) is 0.855. The van der Waals surface area contributed by atoms with Crippen LogP contribution in [0.4, 0.5) is 0 Å². The molecule has 5 heteroatoms. The lowest BCUT2D eigenvalue weighted by Gasteiger charge is -2.19. The van der Waals surface area contributed by atoms with Crippen LogP contribution in [-0.2, 0) is 6.42 Å². The van der Waals surface area contributed by atoms with Crippen LogP contribution in [0.25, 0.3) is 0 Å². The van der Waals surface area contributed by atoms with E-state index < -0.39 is 0 Å². The van der Waals surface area contributed by atoms with Crippen molar-refractivity contribution in [3.8, 4) is 5.75 Å². The predicted octanol–water partition coefficient (Wildman–Crippen LogP) is 1.16. The Morgan fingerprint density at radius 3 is 2.42 bits per heavy atom. The maximum absolute atomic E-state index is 5.91. The SMILES string of the molecule is COc1c(C)cc(CC2CN=C(N)N=C2N)cc1C. The summed E-state index contributed by atoms with van der Waals surface area (Å²) in [4.78, 5) is 8.18. The van der Waals surface area contributed by atoms with Crippen molar-refractivity contribution in [3.63, 3.8) is 0 Å². The predicted molar refractivity (Wildman–Crippen MR) is 77.8 cm³/mol. The molecule has 0 radical (unpaired) electrons. The summed E-state index contributed by atoms with van der Waals surface area (Å²) >= 11 is 0. The van der Waals surface area contributed by atoms with Crippen molar-refractivity contribution in [2.45, 2.75) is 20.3 Å². The number of aryl methyl sites for hydroxylation is 2. The minimum absolute atomic E-state index is 0.125. The number of rotatable bonds is 3. The van der Waals surface area contributed by atoms with Crippen molar-refractivity contribution in [1.29, 1.82) is 0 Å². The van der Waals surface area contributed by atoms with Crippen LogP contribution in [0.3, 0.4) is 0 Å². The molecule has 0 aliphatic carbocycles. The van der Waals surface area contributed by atoms with Crippen LogP contribution >= 0.6 is 0 Å². The average Bonchev–Trinajstić information content (AvgIpc) is 2.32. The second-order valence-electron chi connectivity index (χ2n) is 4.90. The van der Waals surface area contributed by atoms with Gasteiger partial charge in [0.15, 0.2) is 0 Å². The second kappa shape index (κ2) is 5.30. The largest absolute Gasteiger partial charge is 0.496 e. The van der Waals surface area contributed by atoms with Gasteiger partial charge in [0.2, 0.25) is 5.96 Å². The molecule has 1 aromatic carbocycles. The summed E-state index contributed by atoms with van der Waals surface area (Å²) in [5.74, 6) is 1.91. The van der Waals surface area contributed by atoms with Gasteiger partial charge in [-0.1, -0.05) is 12.1 Å². The van der Waals surface area contributed by atoms with Gasteiger partial charge in [-0.25, -0.2) is 4.99 Å². The molecule has 0 bridgehead atoms. The molecule has 0 fully saturated rings. The van der Waals surface area contributed by atoms with Gasteiger partial charge in [0.05, 0.1) is 13.7 Å². The van der Waals surface area contributed by atoms with E-state index in [1.54, 1.807) is 7.11 Å². The van der Waals surface area contributed by atoms with E-state index in [0.717, 1.165) is 23.3 Å². The van der Waals surface area contributed by atoms with Gasteiger partial charge in [0, 0.05) is 5.92 Å². The maximum atomic E-state index is 5.91. The van der Waals surface area contributed by atoms with E-state index in [2.05, 4.69) is 22.1 Å². The summed E-state index contributed by atoms with van der Waals surface area (Å²) in [5, 5.41) is 0. The van der Waals surface area contributed by atoms with Crippen molar-refractivity contribution in [2.24, 2.45) is 27.4 Å². The molecule has 0 spiro atoms. The molecular formula is C14H20N4O. The highest BCUT2D eigenvalue weighted by Crippen LogP contribution is 2.25. The van der Waals surface area contributed by atoms with Crippen LogP contribution in [0, 0.1) is 19.8 Å². The van der Waals surface area contributed by atoms with Crippen LogP contribution < -0.4 is 16.2 Å². The van der Waals surface area contributed by atoms with Crippen LogP contribution in [-0.4, -0.2) is 25.4 Å². The minimum atomic E-state index is 0.125. The third-order valence-electron chi connectivity index (χ3n) is 3.34. The Morgan fingerprint density at radius 2 is 1.89 bits per heavy atom. The smallest absolute Gasteiger partial charge is 0.217 e. The average molecular weight is 260 g/mol. The zero-order valence-electron chi connectivity index (χ0n) is 11.6. The molecule has 1 heterocycles. The van der Waals surface area contributed by atoms with Gasteiger partial charge in [-0.2, -0.15) is 0 Å². The molecule has 19 heavy (non-hydrogen) atoms. The second-order valence-corrected chi connectivity index (χ2v) is 4.90. The molecule has 1 atom stereocenters. The fourth-order valence-corrected chi connectivity index (χ4v) is 2.49. The third kappa shape index (κ3) is 2.86. The number of methoxy groups -OCH3 is 1. The minimum Gasteiger partial charge on any atom is -0.496 e. The lowest BCUT2D eigenvalue weighted by Crippen LogP contribution is -2.34. The number of nitrogens with two attached hydrogens (primary N) is 2. The van der Waals surface area contributed by atoms with Crippen LogP contribution in [0.15, 0.2) is 22.1 Å². The van der Waals surface area contributed by atoms with Crippen molar-refractivity contribution in [3.05, 3.63) is 28.8 Å². The van der Waals surface area contributed by atoms with E-state index in [1.165, 1.54) is 5.56 Å². The Kier molecular flexibility index (Phi) is 3.74. The molecule has 0 saturated heterocycles. The molecule has 2 rings (SSSR count). The first-order valence-corrected chi connectivity index (χ1v) is 6.29. The highest BCUT2D eigenvalue weighted by molar-refractivity contribution is 5.97. The molecule has 0 saturated carbocycles. The van der Waals surface area contributed by atoms with E-state index >= 15 is 0 Å². The summed E-state index contributed by atoms with van der Waals surface area (Å²) in [5.41, 5.74) is 14.9. The topological polar surface area (TPSA) is 86.0 Å². The lowest BCUT2D eigenvalue weighted by molar-refractivity contribution is 0.408. The van der Waals surface area contributed by atoms with Crippen LogP contribution in [0.5, 0.6) is 5.75 Å². The van der Waals surface area contributed by atoms with E-state index in [9.17, 15) is 0 Å². The first kappa shape index (κ1) is 13.4. The fourth-order valence-electron chi connectivity index (χ4n) is 2.49. The van der Waals surface area contributed by atoms with Crippen molar-refractivity contribution >= 4 is 11.8 Å². The Morgan fingerprint density at radius 1 is 1.26 bits per heavy atom. The number of nitrogens with zero attached hydrogens (tertiary/aromatic N) is 2. The third-order valence-corrected chi connectivity index (χ3v) is 3.34. The van der Waals surface area contributed by atoms with Crippen molar-refractivity contribution in [2.75, 3.05) is 13.7 Å². The Labute approximate surface area is 113 Å².